The predicted molar refractivity (Wildman–Crippen MR) is 94.2 cm³/mol. The van der Waals surface area contributed by atoms with Crippen LogP contribution in [-0.2, 0) is 0 Å². The second-order valence-electron chi connectivity index (χ2n) is 9.94. The number of hydrogen-bond acceptors (Lipinski definition) is 3. The first-order valence-electron chi connectivity index (χ1n) is 9.39. The highest BCUT2D eigenvalue weighted by Crippen LogP contribution is 2.36. The monoisotopic (exact) mass is 307 g/mol. The highest BCUT2D eigenvalue weighted by molar-refractivity contribution is 4.97. The molecule has 3 rings (SSSR count). The molecule has 0 aliphatic carbocycles. The van der Waals surface area contributed by atoms with E-state index in [1.807, 2.05) is 0 Å². The van der Waals surface area contributed by atoms with Gasteiger partial charge in [0, 0.05) is 43.3 Å². The first-order valence-corrected chi connectivity index (χ1v) is 9.39. The molecule has 3 heteroatoms. The fourth-order valence-electron chi connectivity index (χ4n) is 4.35. The molecule has 22 heavy (non-hydrogen) atoms. The molecule has 3 heterocycles. The van der Waals surface area contributed by atoms with Crippen LogP contribution in [-0.4, -0.2) is 71.1 Å². The molecule has 3 saturated heterocycles. The first kappa shape index (κ1) is 16.7. The second-order valence-corrected chi connectivity index (χ2v) is 9.94. The van der Waals surface area contributed by atoms with Gasteiger partial charge < -0.3 is 0 Å². The van der Waals surface area contributed by atoms with Crippen molar-refractivity contribution in [3.8, 4) is 0 Å². The molecule has 3 aliphatic heterocycles. The number of likely N-dealkylation sites (tertiary alicyclic amines) is 3. The highest BCUT2D eigenvalue weighted by Gasteiger charge is 2.42. The van der Waals surface area contributed by atoms with Gasteiger partial charge in [0.05, 0.1) is 0 Å². The Labute approximate surface area is 138 Å². The maximum absolute atomic E-state index is 2.78. The molecule has 0 radical (unpaired) electrons. The lowest BCUT2D eigenvalue weighted by atomic mass is 9.77. The van der Waals surface area contributed by atoms with Gasteiger partial charge in [-0.1, -0.05) is 0 Å². The molecule has 0 aromatic carbocycles. The maximum atomic E-state index is 2.78. The normalized spacial score (nSPS) is 28.6. The minimum absolute atomic E-state index is 0.358. The Balaban J connectivity index is 1.38. The van der Waals surface area contributed by atoms with E-state index in [1.54, 1.807) is 0 Å². The fourth-order valence-corrected chi connectivity index (χ4v) is 4.35. The molecule has 0 unspecified atom stereocenters. The second kappa shape index (κ2) is 5.75. The van der Waals surface area contributed by atoms with Gasteiger partial charge >= 0.3 is 0 Å². The Kier molecular flexibility index (Phi) is 4.37. The zero-order valence-corrected chi connectivity index (χ0v) is 15.7. The molecule has 3 nitrogen and oxygen atoms in total. The van der Waals surface area contributed by atoms with Gasteiger partial charge in [-0.15, -0.1) is 0 Å². The van der Waals surface area contributed by atoms with Crippen molar-refractivity contribution in [1.82, 2.24) is 14.7 Å². The van der Waals surface area contributed by atoms with E-state index in [2.05, 4.69) is 56.2 Å². The van der Waals surface area contributed by atoms with E-state index >= 15 is 0 Å². The Hall–Kier alpha value is -0.120. The maximum Gasteiger partial charge on any atom is 0.0350 e. The van der Waals surface area contributed by atoms with Gasteiger partial charge in [0.15, 0.2) is 0 Å². The molecule has 0 amide bonds. The average molecular weight is 308 g/mol. The summed E-state index contributed by atoms with van der Waals surface area (Å²) in [4.78, 5) is 8.05. The van der Waals surface area contributed by atoms with E-state index in [1.165, 1.54) is 52.1 Å². The number of piperidine rings is 1. The van der Waals surface area contributed by atoms with E-state index in [9.17, 15) is 0 Å². The first-order chi connectivity index (χ1) is 10.1. The fraction of sp³-hybridized carbons (Fsp3) is 1.00. The number of rotatable bonds is 2. The summed E-state index contributed by atoms with van der Waals surface area (Å²) in [6.45, 7) is 22.0. The van der Waals surface area contributed by atoms with E-state index in [4.69, 9.17) is 0 Å². The van der Waals surface area contributed by atoms with Crippen molar-refractivity contribution in [2.24, 2.45) is 11.8 Å². The van der Waals surface area contributed by atoms with Crippen LogP contribution in [0.2, 0.25) is 0 Å². The minimum atomic E-state index is 0.358. The van der Waals surface area contributed by atoms with Gasteiger partial charge in [0.1, 0.15) is 0 Å². The third kappa shape index (κ3) is 3.37. The van der Waals surface area contributed by atoms with Crippen LogP contribution in [0.3, 0.4) is 0 Å². The van der Waals surface area contributed by atoms with Crippen LogP contribution in [0.25, 0.3) is 0 Å². The SMILES string of the molecule is CC(C)(C)N1CC(C2CCN(C3CN(C(C)(C)C)C3)CC2)C1. The molecule has 0 saturated carbocycles. The lowest BCUT2D eigenvalue weighted by Gasteiger charge is -2.55. The van der Waals surface area contributed by atoms with Crippen LogP contribution in [0.1, 0.15) is 54.4 Å². The van der Waals surface area contributed by atoms with Crippen LogP contribution in [0, 0.1) is 11.8 Å². The van der Waals surface area contributed by atoms with Crippen LogP contribution in [0.15, 0.2) is 0 Å². The minimum Gasteiger partial charge on any atom is -0.298 e. The van der Waals surface area contributed by atoms with E-state index in [0.717, 1.165) is 17.9 Å². The van der Waals surface area contributed by atoms with Gasteiger partial charge in [-0.25, -0.2) is 0 Å². The molecule has 0 spiro atoms. The molecule has 0 aromatic rings. The Morgan fingerprint density at radius 3 is 1.55 bits per heavy atom. The predicted octanol–water partition coefficient (Wildman–Crippen LogP) is 2.91. The average Bonchev–Trinajstić information content (AvgIpc) is 2.23. The van der Waals surface area contributed by atoms with Crippen LogP contribution < -0.4 is 0 Å². The molecule has 0 atom stereocenters. The van der Waals surface area contributed by atoms with Crippen molar-refractivity contribution in [2.75, 3.05) is 39.3 Å². The summed E-state index contributed by atoms with van der Waals surface area (Å²) in [7, 11) is 0. The van der Waals surface area contributed by atoms with E-state index in [0.29, 0.717) is 11.1 Å². The van der Waals surface area contributed by atoms with Crippen molar-refractivity contribution in [3.05, 3.63) is 0 Å². The van der Waals surface area contributed by atoms with Gasteiger partial charge in [-0.05, 0) is 79.3 Å². The van der Waals surface area contributed by atoms with Crippen LogP contribution in [0.5, 0.6) is 0 Å². The van der Waals surface area contributed by atoms with Gasteiger partial charge in [0.25, 0.3) is 0 Å². The summed E-state index contributed by atoms with van der Waals surface area (Å²) in [6.07, 6.45) is 2.88. The molecule has 0 N–H and O–H groups in total. The number of nitrogens with zero attached hydrogens (tertiary/aromatic N) is 3. The zero-order chi connectivity index (χ0) is 16.1. The summed E-state index contributed by atoms with van der Waals surface area (Å²) in [5.74, 6) is 1.97. The lowest BCUT2D eigenvalue weighted by Crippen LogP contribution is -2.66. The third-order valence-corrected chi connectivity index (χ3v) is 6.43. The van der Waals surface area contributed by atoms with E-state index < -0.39 is 0 Å². The van der Waals surface area contributed by atoms with Crippen LogP contribution >= 0.6 is 0 Å². The van der Waals surface area contributed by atoms with E-state index in [-0.39, 0.29) is 0 Å². The lowest BCUT2D eigenvalue weighted by molar-refractivity contribution is -0.0567. The van der Waals surface area contributed by atoms with Crippen molar-refractivity contribution in [2.45, 2.75) is 71.5 Å². The summed E-state index contributed by atoms with van der Waals surface area (Å²) in [5.41, 5.74) is 0.733. The summed E-state index contributed by atoms with van der Waals surface area (Å²) in [5, 5.41) is 0. The van der Waals surface area contributed by atoms with Crippen molar-refractivity contribution in [1.29, 1.82) is 0 Å². The zero-order valence-electron chi connectivity index (χ0n) is 15.7. The Morgan fingerprint density at radius 1 is 0.636 bits per heavy atom. The molecule has 128 valence electrons. The molecule has 0 aromatic heterocycles. The Bertz CT molecular complexity index is 334. The van der Waals surface area contributed by atoms with Crippen molar-refractivity contribution >= 4 is 0 Å². The summed E-state index contributed by atoms with van der Waals surface area (Å²) >= 11 is 0. The van der Waals surface area contributed by atoms with Crippen LogP contribution in [0.4, 0.5) is 0 Å². The number of hydrogen-bond donors (Lipinski definition) is 0. The van der Waals surface area contributed by atoms with Crippen molar-refractivity contribution < 1.29 is 0 Å². The topological polar surface area (TPSA) is 9.72 Å². The molecule has 0 bridgehead atoms. The summed E-state index contributed by atoms with van der Waals surface area (Å²) in [6, 6.07) is 0.840. The van der Waals surface area contributed by atoms with Gasteiger partial charge in [-0.2, -0.15) is 0 Å². The summed E-state index contributed by atoms with van der Waals surface area (Å²) < 4.78 is 0. The van der Waals surface area contributed by atoms with Gasteiger partial charge in [0.2, 0.25) is 0 Å². The third-order valence-electron chi connectivity index (χ3n) is 6.43. The van der Waals surface area contributed by atoms with Crippen molar-refractivity contribution in [3.63, 3.8) is 0 Å². The highest BCUT2D eigenvalue weighted by atomic mass is 15.3. The molecular weight excluding hydrogens is 270 g/mol. The molecular formula is C19H37N3. The molecule has 3 aliphatic rings. The standard InChI is InChI=1S/C19H37N3/c1-18(2,3)21-11-16(12-21)15-7-9-20(10-8-15)17-13-22(14-17)19(4,5)6/h15-17H,7-14H2,1-6H3. The Morgan fingerprint density at radius 2 is 1.09 bits per heavy atom. The molecule has 3 fully saturated rings. The quantitative estimate of drug-likeness (QED) is 0.777. The largest absolute Gasteiger partial charge is 0.298 e. The smallest absolute Gasteiger partial charge is 0.0350 e. The van der Waals surface area contributed by atoms with Gasteiger partial charge in [-0.3, -0.25) is 14.7 Å².